The molecule has 0 amide bonds. The zero-order chi connectivity index (χ0) is 9.97. The van der Waals surface area contributed by atoms with Crippen LogP contribution in [0.15, 0.2) is 22.7 Å². The monoisotopic (exact) mass is 254 g/mol. The molecule has 1 aliphatic heterocycles. The van der Waals surface area contributed by atoms with Crippen molar-refractivity contribution in [2.24, 2.45) is 0 Å². The van der Waals surface area contributed by atoms with Crippen LogP contribution in [0, 0.1) is 0 Å². The fourth-order valence-corrected chi connectivity index (χ4v) is 2.23. The minimum atomic E-state index is 1.07. The number of nitrogens with one attached hydrogen (secondary N) is 1. The van der Waals surface area contributed by atoms with Gasteiger partial charge in [-0.05, 0) is 31.5 Å². The van der Waals surface area contributed by atoms with Crippen LogP contribution in [0.1, 0.15) is 13.3 Å². The van der Waals surface area contributed by atoms with Crippen LogP contribution in [0.5, 0.6) is 0 Å². The molecule has 1 aromatic carbocycles. The summed E-state index contributed by atoms with van der Waals surface area (Å²) in [6, 6.07) is 6.44. The molecule has 0 aromatic heterocycles. The molecule has 0 fully saturated rings. The maximum atomic E-state index is 3.50. The molecule has 1 N–H and O–H groups in total. The van der Waals surface area contributed by atoms with Gasteiger partial charge in [0.2, 0.25) is 0 Å². The maximum Gasteiger partial charge on any atom is 0.0602 e. The first kappa shape index (κ1) is 9.84. The summed E-state index contributed by atoms with van der Waals surface area (Å²) in [4.78, 5) is 2.42. The van der Waals surface area contributed by atoms with Crippen LogP contribution < -0.4 is 10.2 Å². The number of halogens is 1. The van der Waals surface area contributed by atoms with E-state index in [1.54, 1.807) is 0 Å². The highest BCUT2D eigenvalue weighted by atomic mass is 79.9. The SMILES string of the molecule is CCN1CCCNc2cc(Br)ccc21. The molecule has 0 spiro atoms. The van der Waals surface area contributed by atoms with E-state index < -0.39 is 0 Å². The molecule has 0 radical (unpaired) electrons. The van der Waals surface area contributed by atoms with Crippen LogP contribution in [0.3, 0.4) is 0 Å². The Morgan fingerprint density at radius 3 is 3.14 bits per heavy atom. The standard InChI is InChI=1S/C11H15BrN2/c1-2-14-7-3-6-13-10-8-9(12)4-5-11(10)14/h4-5,8,13H,2-3,6-7H2,1H3. The first-order chi connectivity index (χ1) is 6.81. The lowest BCUT2D eigenvalue weighted by Gasteiger charge is -2.22. The molecule has 1 heterocycles. The summed E-state index contributed by atoms with van der Waals surface area (Å²) in [6.45, 7) is 5.51. The number of anilines is 2. The van der Waals surface area contributed by atoms with Crippen LogP contribution in [0.2, 0.25) is 0 Å². The Bertz CT molecular complexity index is 325. The number of hydrogen-bond acceptors (Lipinski definition) is 2. The largest absolute Gasteiger partial charge is 0.383 e. The van der Waals surface area contributed by atoms with Crippen molar-refractivity contribution >= 4 is 27.3 Å². The van der Waals surface area contributed by atoms with E-state index in [0.29, 0.717) is 0 Å². The third-order valence-electron chi connectivity index (χ3n) is 2.60. The van der Waals surface area contributed by atoms with Gasteiger partial charge in [0.05, 0.1) is 11.4 Å². The summed E-state index contributed by atoms with van der Waals surface area (Å²) in [6.07, 6.45) is 1.21. The number of fused-ring (bicyclic) bond motifs is 1. The third kappa shape index (κ3) is 1.87. The van der Waals surface area contributed by atoms with E-state index in [1.165, 1.54) is 17.8 Å². The normalized spacial score (nSPS) is 15.7. The highest BCUT2D eigenvalue weighted by molar-refractivity contribution is 9.10. The van der Waals surface area contributed by atoms with Gasteiger partial charge in [-0.25, -0.2) is 0 Å². The molecule has 0 bridgehead atoms. The predicted octanol–water partition coefficient (Wildman–Crippen LogP) is 3.09. The summed E-state index contributed by atoms with van der Waals surface area (Å²) in [5.74, 6) is 0. The summed E-state index contributed by atoms with van der Waals surface area (Å²) >= 11 is 3.50. The van der Waals surface area contributed by atoms with Crippen molar-refractivity contribution in [3.63, 3.8) is 0 Å². The lowest BCUT2D eigenvalue weighted by Crippen LogP contribution is -2.22. The van der Waals surface area contributed by atoms with Crippen LogP contribution in [-0.2, 0) is 0 Å². The van der Waals surface area contributed by atoms with E-state index in [9.17, 15) is 0 Å². The van der Waals surface area contributed by atoms with Crippen molar-refractivity contribution in [2.45, 2.75) is 13.3 Å². The van der Waals surface area contributed by atoms with Crippen LogP contribution in [0.4, 0.5) is 11.4 Å². The summed E-state index contributed by atoms with van der Waals surface area (Å²) in [5, 5.41) is 3.46. The Morgan fingerprint density at radius 2 is 2.36 bits per heavy atom. The molecular weight excluding hydrogens is 240 g/mol. The summed E-state index contributed by atoms with van der Waals surface area (Å²) in [5.41, 5.74) is 2.58. The van der Waals surface area contributed by atoms with Crippen LogP contribution in [0.25, 0.3) is 0 Å². The fraction of sp³-hybridized carbons (Fsp3) is 0.455. The minimum Gasteiger partial charge on any atom is -0.383 e. The Labute approximate surface area is 93.4 Å². The van der Waals surface area contributed by atoms with E-state index in [2.05, 4.69) is 51.3 Å². The summed E-state index contributed by atoms with van der Waals surface area (Å²) in [7, 11) is 0. The summed E-state index contributed by atoms with van der Waals surface area (Å²) < 4.78 is 1.14. The van der Waals surface area contributed by atoms with E-state index in [-0.39, 0.29) is 0 Å². The Balaban J connectivity index is 2.39. The van der Waals surface area contributed by atoms with Gasteiger partial charge in [0.15, 0.2) is 0 Å². The molecule has 0 aliphatic carbocycles. The molecule has 2 rings (SSSR count). The molecule has 76 valence electrons. The molecule has 2 nitrogen and oxygen atoms in total. The Morgan fingerprint density at radius 1 is 1.50 bits per heavy atom. The van der Waals surface area contributed by atoms with Crippen molar-refractivity contribution in [3.8, 4) is 0 Å². The van der Waals surface area contributed by atoms with Crippen LogP contribution >= 0.6 is 15.9 Å². The number of nitrogens with zero attached hydrogens (tertiary/aromatic N) is 1. The second kappa shape index (κ2) is 4.22. The van der Waals surface area contributed by atoms with Crippen LogP contribution in [-0.4, -0.2) is 19.6 Å². The highest BCUT2D eigenvalue weighted by Crippen LogP contribution is 2.30. The molecule has 0 atom stereocenters. The smallest absolute Gasteiger partial charge is 0.0602 e. The molecular formula is C11H15BrN2. The average molecular weight is 255 g/mol. The van der Waals surface area contributed by atoms with Gasteiger partial charge in [-0.3, -0.25) is 0 Å². The Hall–Kier alpha value is -0.700. The topological polar surface area (TPSA) is 15.3 Å². The van der Waals surface area contributed by atoms with Crippen molar-refractivity contribution < 1.29 is 0 Å². The number of benzene rings is 1. The van der Waals surface area contributed by atoms with E-state index >= 15 is 0 Å². The van der Waals surface area contributed by atoms with Gasteiger partial charge < -0.3 is 10.2 Å². The van der Waals surface area contributed by atoms with Gasteiger partial charge in [-0.1, -0.05) is 15.9 Å². The van der Waals surface area contributed by atoms with Gasteiger partial charge in [-0.2, -0.15) is 0 Å². The van der Waals surface area contributed by atoms with E-state index in [0.717, 1.165) is 24.1 Å². The second-order valence-corrected chi connectivity index (χ2v) is 4.44. The number of hydrogen-bond donors (Lipinski definition) is 1. The average Bonchev–Trinajstić information content (AvgIpc) is 2.38. The molecule has 0 saturated carbocycles. The number of rotatable bonds is 1. The minimum absolute atomic E-state index is 1.07. The molecule has 3 heteroatoms. The van der Waals surface area contributed by atoms with Gasteiger partial charge in [0, 0.05) is 24.1 Å². The van der Waals surface area contributed by atoms with Crippen molar-refractivity contribution in [2.75, 3.05) is 29.9 Å². The van der Waals surface area contributed by atoms with Crippen molar-refractivity contribution in [1.82, 2.24) is 0 Å². The Kier molecular flexibility index (Phi) is 2.96. The predicted molar refractivity (Wildman–Crippen MR) is 65.1 cm³/mol. The zero-order valence-corrected chi connectivity index (χ0v) is 9.97. The molecule has 0 saturated heterocycles. The van der Waals surface area contributed by atoms with Crippen molar-refractivity contribution in [3.05, 3.63) is 22.7 Å². The highest BCUT2D eigenvalue weighted by Gasteiger charge is 2.12. The molecule has 14 heavy (non-hydrogen) atoms. The maximum absolute atomic E-state index is 3.50. The lowest BCUT2D eigenvalue weighted by molar-refractivity contribution is 0.786. The van der Waals surface area contributed by atoms with E-state index in [1.807, 2.05) is 0 Å². The van der Waals surface area contributed by atoms with Gasteiger partial charge >= 0.3 is 0 Å². The molecule has 1 aromatic rings. The quantitative estimate of drug-likeness (QED) is 0.829. The zero-order valence-electron chi connectivity index (χ0n) is 8.39. The first-order valence-electron chi connectivity index (χ1n) is 5.09. The molecule has 0 unspecified atom stereocenters. The second-order valence-electron chi connectivity index (χ2n) is 3.52. The lowest BCUT2D eigenvalue weighted by atomic mass is 10.2. The van der Waals surface area contributed by atoms with E-state index in [4.69, 9.17) is 0 Å². The van der Waals surface area contributed by atoms with Gasteiger partial charge in [-0.15, -0.1) is 0 Å². The fourth-order valence-electron chi connectivity index (χ4n) is 1.87. The van der Waals surface area contributed by atoms with Crippen molar-refractivity contribution in [1.29, 1.82) is 0 Å². The van der Waals surface area contributed by atoms with Gasteiger partial charge in [0.1, 0.15) is 0 Å². The van der Waals surface area contributed by atoms with Gasteiger partial charge in [0.25, 0.3) is 0 Å². The first-order valence-corrected chi connectivity index (χ1v) is 5.89. The molecule has 1 aliphatic rings. The third-order valence-corrected chi connectivity index (χ3v) is 3.09.